The van der Waals surface area contributed by atoms with Crippen molar-refractivity contribution >= 4 is 0 Å². The first-order valence-electron chi connectivity index (χ1n) is 7.93. The Labute approximate surface area is 137 Å². The van der Waals surface area contributed by atoms with Gasteiger partial charge in [0.1, 0.15) is 11.9 Å². The molecule has 1 aliphatic heterocycles. The summed E-state index contributed by atoms with van der Waals surface area (Å²) in [4.78, 5) is 0. The molecule has 0 spiro atoms. The number of rotatable bonds is 6. The molecule has 0 amide bonds. The highest BCUT2D eigenvalue weighted by Crippen LogP contribution is 2.27. The molecular formula is C20H22O3. The summed E-state index contributed by atoms with van der Waals surface area (Å²) in [6, 6.07) is 18.2. The second-order valence-corrected chi connectivity index (χ2v) is 5.62. The minimum Gasteiger partial charge on any atom is -0.497 e. The molecule has 120 valence electrons. The van der Waals surface area contributed by atoms with E-state index in [0.29, 0.717) is 13.2 Å². The lowest BCUT2D eigenvalue weighted by atomic mass is 10.0. The standard InChI is InChI=1S/C20H22O3/c1-21-18-12-10-17(11-13-18)20-9-5-8-19(23-20)15-22-14-16-6-3-2-4-7-16/h2-7,9-13,19-20H,8,14-15H2,1H3/t19-,20?/m1/s1. The maximum atomic E-state index is 6.13. The van der Waals surface area contributed by atoms with Crippen LogP contribution in [0.2, 0.25) is 0 Å². The summed E-state index contributed by atoms with van der Waals surface area (Å²) in [6.45, 7) is 1.23. The quantitative estimate of drug-likeness (QED) is 0.745. The monoisotopic (exact) mass is 310 g/mol. The Morgan fingerprint density at radius 3 is 2.57 bits per heavy atom. The average Bonchev–Trinajstić information content (AvgIpc) is 2.63. The van der Waals surface area contributed by atoms with Crippen LogP contribution in [-0.4, -0.2) is 19.8 Å². The Kier molecular flexibility index (Phi) is 5.46. The summed E-state index contributed by atoms with van der Waals surface area (Å²) < 4.78 is 17.1. The summed E-state index contributed by atoms with van der Waals surface area (Å²) in [5.74, 6) is 0.858. The number of ether oxygens (including phenoxy) is 3. The van der Waals surface area contributed by atoms with E-state index >= 15 is 0 Å². The van der Waals surface area contributed by atoms with Crippen LogP contribution < -0.4 is 4.74 Å². The molecular weight excluding hydrogens is 288 g/mol. The number of hydrogen-bond acceptors (Lipinski definition) is 3. The number of methoxy groups -OCH3 is 1. The lowest BCUT2D eigenvalue weighted by molar-refractivity contribution is -0.0506. The van der Waals surface area contributed by atoms with E-state index in [1.165, 1.54) is 5.56 Å². The fraction of sp³-hybridized carbons (Fsp3) is 0.300. The third kappa shape index (κ3) is 4.44. The molecule has 23 heavy (non-hydrogen) atoms. The normalized spacial score (nSPS) is 20.4. The fourth-order valence-corrected chi connectivity index (χ4v) is 2.64. The van der Waals surface area contributed by atoms with Gasteiger partial charge in [-0.25, -0.2) is 0 Å². The fourth-order valence-electron chi connectivity index (χ4n) is 2.64. The van der Waals surface area contributed by atoms with Gasteiger partial charge in [-0.05, 0) is 29.7 Å². The van der Waals surface area contributed by atoms with Gasteiger partial charge in [0.2, 0.25) is 0 Å². The zero-order valence-electron chi connectivity index (χ0n) is 13.4. The highest BCUT2D eigenvalue weighted by molar-refractivity contribution is 5.30. The molecule has 0 radical (unpaired) electrons. The summed E-state index contributed by atoms with van der Waals surface area (Å²) in [6.07, 6.45) is 5.25. The lowest BCUT2D eigenvalue weighted by Crippen LogP contribution is -2.24. The molecule has 3 rings (SSSR count). The van der Waals surface area contributed by atoms with Gasteiger partial charge in [-0.15, -0.1) is 0 Å². The Bertz CT molecular complexity index is 619. The molecule has 1 aliphatic rings. The second-order valence-electron chi connectivity index (χ2n) is 5.62. The molecule has 0 saturated carbocycles. The van der Waals surface area contributed by atoms with Crippen LogP contribution in [0.4, 0.5) is 0 Å². The smallest absolute Gasteiger partial charge is 0.118 e. The van der Waals surface area contributed by atoms with Crippen LogP contribution in [0, 0.1) is 0 Å². The largest absolute Gasteiger partial charge is 0.497 e. The van der Waals surface area contributed by atoms with Crippen molar-refractivity contribution in [2.24, 2.45) is 0 Å². The predicted octanol–water partition coefficient (Wildman–Crippen LogP) is 4.30. The van der Waals surface area contributed by atoms with Crippen molar-refractivity contribution < 1.29 is 14.2 Å². The SMILES string of the molecule is COc1ccc(C2C=CC[C@H](COCc3ccccc3)O2)cc1. The number of benzene rings is 2. The molecule has 2 atom stereocenters. The Balaban J connectivity index is 1.51. The van der Waals surface area contributed by atoms with Crippen molar-refractivity contribution in [3.8, 4) is 5.75 Å². The Morgan fingerprint density at radius 1 is 1.04 bits per heavy atom. The van der Waals surface area contributed by atoms with E-state index in [0.717, 1.165) is 17.7 Å². The highest BCUT2D eigenvalue weighted by atomic mass is 16.5. The Hall–Kier alpha value is -2.10. The zero-order chi connectivity index (χ0) is 15.9. The molecule has 3 nitrogen and oxygen atoms in total. The molecule has 2 aromatic rings. The van der Waals surface area contributed by atoms with E-state index < -0.39 is 0 Å². The minimum absolute atomic E-state index is 0.0139. The van der Waals surface area contributed by atoms with Crippen LogP contribution in [-0.2, 0) is 16.1 Å². The minimum atomic E-state index is -0.0139. The van der Waals surface area contributed by atoms with Crippen molar-refractivity contribution in [3.63, 3.8) is 0 Å². The summed E-state index contributed by atoms with van der Waals surface area (Å²) in [7, 11) is 1.67. The van der Waals surface area contributed by atoms with Crippen LogP contribution in [0.1, 0.15) is 23.7 Å². The molecule has 0 bridgehead atoms. The molecule has 0 N–H and O–H groups in total. The van der Waals surface area contributed by atoms with Gasteiger partial charge >= 0.3 is 0 Å². The molecule has 0 aromatic heterocycles. The first-order valence-corrected chi connectivity index (χ1v) is 7.93. The summed E-state index contributed by atoms with van der Waals surface area (Å²) in [5, 5.41) is 0. The summed E-state index contributed by atoms with van der Waals surface area (Å²) >= 11 is 0. The van der Waals surface area contributed by atoms with Gasteiger partial charge in [0, 0.05) is 0 Å². The predicted molar refractivity (Wildman–Crippen MR) is 90.5 cm³/mol. The van der Waals surface area contributed by atoms with Crippen LogP contribution in [0.5, 0.6) is 5.75 Å². The summed E-state index contributed by atoms with van der Waals surface area (Å²) in [5.41, 5.74) is 2.32. The van der Waals surface area contributed by atoms with Crippen LogP contribution in [0.3, 0.4) is 0 Å². The molecule has 0 fully saturated rings. The third-order valence-corrected chi connectivity index (χ3v) is 3.91. The van der Waals surface area contributed by atoms with E-state index in [1.54, 1.807) is 7.11 Å². The highest BCUT2D eigenvalue weighted by Gasteiger charge is 2.19. The van der Waals surface area contributed by atoms with E-state index in [-0.39, 0.29) is 12.2 Å². The van der Waals surface area contributed by atoms with Crippen molar-refractivity contribution in [3.05, 3.63) is 77.9 Å². The van der Waals surface area contributed by atoms with Crippen molar-refractivity contribution in [1.29, 1.82) is 0 Å². The molecule has 2 aromatic carbocycles. The van der Waals surface area contributed by atoms with Crippen molar-refractivity contribution in [1.82, 2.24) is 0 Å². The number of hydrogen-bond donors (Lipinski definition) is 0. The molecule has 0 saturated heterocycles. The van der Waals surface area contributed by atoms with Gasteiger partial charge in [0.05, 0.1) is 26.4 Å². The molecule has 1 heterocycles. The average molecular weight is 310 g/mol. The van der Waals surface area contributed by atoms with Gasteiger partial charge in [-0.1, -0.05) is 54.6 Å². The third-order valence-electron chi connectivity index (χ3n) is 3.91. The molecule has 1 unspecified atom stereocenters. The van der Waals surface area contributed by atoms with Crippen molar-refractivity contribution in [2.75, 3.05) is 13.7 Å². The molecule has 3 heteroatoms. The Morgan fingerprint density at radius 2 is 1.83 bits per heavy atom. The molecule has 0 aliphatic carbocycles. The topological polar surface area (TPSA) is 27.7 Å². The maximum absolute atomic E-state index is 6.13. The first kappa shape index (κ1) is 15.8. The van der Waals surface area contributed by atoms with Gasteiger partial charge in [-0.2, -0.15) is 0 Å². The van der Waals surface area contributed by atoms with Gasteiger partial charge in [-0.3, -0.25) is 0 Å². The van der Waals surface area contributed by atoms with E-state index in [4.69, 9.17) is 14.2 Å². The van der Waals surface area contributed by atoms with Gasteiger partial charge in [0.25, 0.3) is 0 Å². The maximum Gasteiger partial charge on any atom is 0.118 e. The lowest BCUT2D eigenvalue weighted by Gasteiger charge is -2.26. The van der Waals surface area contributed by atoms with E-state index in [9.17, 15) is 0 Å². The second kappa shape index (κ2) is 7.95. The van der Waals surface area contributed by atoms with Gasteiger partial charge < -0.3 is 14.2 Å². The van der Waals surface area contributed by atoms with Gasteiger partial charge in [0.15, 0.2) is 0 Å². The van der Waals surface area contributed by atoms with Crippen LogP contribution in [0.15, 0.2) is 66.7 Å². The zero-order valence-corrected chi connectivity index (χ0v) is 13.4. The van der Waals surface area contributed by atoms with Crippen LogP contribution in [0.25, 0.3) is 0 Å². The first-order chi connectivity index (χ1) is 11.3. The van der Waals surface area contributed by atoms with E-state index in [2.05, 4.69) is 24.3 Å². The van der Waals surface area contributed by atoms with Crippen molar-refractivity contribution in [2.45, 2.75) is 25.2 Å². The van der Waals surface area contributed by atoms with E-state index in [1.807, 2.05) is 42.5 Å². The van der Waals surface area contributed by atoms with Crippen LogP contribution >= 0.6 is 0 Å².